The van der Waals surface area contributed by atoms with E-state index in [1.165, 1.54) is 0 Å². The number of fused-ring (bicyclic) bond motifs is 1. The Bertz CT molecular complexity index is 785. The van der Waals surface area contributed by atoms with Crippen molar-refractivity contribution in [2.24, 2.45) is 0 Å². The Hall–Kier alpha value is -1.75. The number of sulfone groups is 1. The Labute approximate surface area is 133 Å². The molecule has 5 nitrogen and oxygen atoms in total. The fourth-order valence-electron chi connectivity index (χ4n) is 2.32. The van der Waals surface area contributed by atoms with Gasteiger partial charge in [-0.3, -0.25) is 4.79 Å². The molecule has 0 spiro atoms. The van der Waals surface area contributed by atoms with Gasteiger partial charge in [0.1, 0.15) is 18.5 Å². The van der Waals surface area contributed by atoms with Crippen LogP contribution in [0, 0.1) is 0 Å². The minimum absolute atomic E-state index is 0.377. The Balaban J connectivity index is 2.67. The Kier molecular flexibility index (Phi) is 4.38. The maximum Gasteiger partial charge on any atom is 0.501 e. The quantitative estimate of drug-likeness (QED) is 0.817. The maximum absolute atomic E-state index is 13.7. The molecule has 1 N–H and O–H groups in total. The van der Waals surface area contributed by atoms with Crippen LogP contribution in [0.2, 0.25) is 0 Å². The average Bonchev–Trinajstić information content (AvgIpc) is 2.66. The molecule has 0 aromatic heterocycles. The summed E-state index contributed by atoms with van der Waals surface area (Å²) in [6.45, 7) is 0.589. The predicted octanol–water partition coefficient (Wildman–Crippen LogP) is 2.17. The second kappa shape index (κ2) is 5.66. The molecule has 1 aliphatic carbocycles. The largest absolute Gasteiger partial charge is 0.501 e. The summed E-state index contributed by atoms with van der Waals surface area (Å²) in [5, 5.41) is 9.62. The van der Waals surface area contributed by atoms with Crippen molar-refractivity contribution in [3.8, 4) is 5.75 Å². The third-order valence-electron chi connectivity index (χ3n) is 3.39. The van der Waals surface area contributed by atoms with Crippen LogP contribution in [0.5, 0.6) is 5.75 Å². The summed E-state index contributed by atoms with van der Waals surface area (Å²) in [5.41, 5.74) is -7.35. The zero-order valence-electron chi connectivity index (χ0n) is 12.0. The molecule has 134 valence electrons. The summed E-state index contributed by atoms with van der Waals surface area (Å²) in [6, 6.07) is 1.19. The Morgan fingerprint density at radius 1 is 1.38 bits per heavy atom. The van der Waals surface area contributed by atoms with Crippen molar-refractivity contribution in [1.82, 2.24) is 0 Å². The van der Waals surface area contributed by atoms with Crippen molar-refractivity contribution < 1.29 is 45.0 Å². The number of benzene rings is 1. The van der Waals surface area contributed by atoms with E-state index in [2.05, 4.69) is 0 Å². The summed E-state index contributed by atoms with van der Waals surface area (Å²) in [7, 11) is -5.95. The molecular weight excluding hydrogens is 363 g/mol. The summed E-state index contributed by atoms with van der Waals surface area (Å²) in [6.07, 6.45) is -3.95. The smallest absolute Gasteiger partial charge is 0.486 e. The van der Waals surface area contributed by atoms with E-state index in [0.29, 0.717) is 6.07 Å². The molecule has 0 radical (unpaired) electrons. The van der Waals surface area contributed by atoms with E-state index in [1.54, 1.807) is 0 Å². The summed E-state index contributed by atoms with van der Waals surface area (Å²) < 4.78 is 93.7. The molecule has 1 unspecified atom stereocenters. The minimum atomic E-state index is -5.95. The van der Waals surface area contributed by atoms with Crippen molar-refractivity contribution >= 4 is 15.6 Å². The van der Waals surface area contributed by atoms with Gasteiger partial charge >= 0.3 is 5.51 Å². The number of halogens is 5. The average molecular weight is 374 g/mol. The zero-order valence-corrected chi connectivity index (χ0v) is 12.8. The first-order valence-corrected chi connectivity index (χ1v) is 7.92. The van der Waals surface area contributed by atoms with Crippen LogP contribution in [0.4, 0.5) is 22.0 Å². The molecule has 24 heavy (non-hydrogen) atoms. The van der Waals surface area contributed by atoms with Gasteiger partial charge in [0, 0.05) is 17.5 Å². The fourth-order valence-corrected chi connectivity index (χ4v) is 3.34. The van der Waals surface area contributed by atoms with Crippen LogP contribution >= 0.6 is 0 Å². The summed E-state index contributed by atoms with van der Waals surface area (Å²) in [5.74, 6) is -4.73. The van der Waals surface area contributed by atoms with Gasteiger partial charge in [-0.1, -0.05) is 0 Å². The van der Waals surface area contributed by atoms with E-state index in [0.717, 1.165) is 13.0 Å². The lowest BCUT2D eigenvalue weighted by Gasteiger charge is -2.17. The van der Waals surface area contributed by atoms with Gasteiger partial charge in [0.15, 0.2) is 5.78 Å². The molecule has 1 aromatic carbocycles. The molecule has 0 amide bonds. The lowest BCUT2D eigenvalue weighted by molar-refractivity contribution is -0.118. The number of hydrogen-bond donors (Lipinski definition) is 1. The van der Waals surface area contributed by atoms with Gasteiger partial charge in [-0.05, 0) is 19.1 Å². The van der Waals surface area contributed by atoms with E-state index in [9.17, 15) is 40.3 Å². The normalized spacial score (nSPS) is 19.9. The van der Waals surface area contributed by atoms with Gasteiger partial charge in [0.05, 0.1) is 4.90 Å². The summed E-state index contributed by atoms with van der Waals surface area (Å²) >= 11 is 0. The van der Waals surface area contributed by atoms with Crippen molar-refractivity contribution in [3.63, 3.8) is 0 Å². The standard InChI is InChI=1S/C13H11F5O5S/c1-6(19)5-23-8-2-3-9(24(21,22)13(16,17)18)10-7(8)4-12(14,15)11(10)20/h2-3,11,20H,4-5H2,1H3. The first-order chi connectivity index (χ1) is 10.8. The van der Waals surface area contributed by atoms with Gasteiger partial charge in [-0.2, -0.15) is 13.2 Å². The lowest BCUT2D eigenvalue weighted by atomic mass is 10.1. The molecule has 11 heteroatoms. The number of carbonyl (C=O) groups excluding carboxylic acids is 1. The van der Waals surface area contributed by atoms with Crippen molar-refractivity contribution in [1.29, 1.82) is 0 Å². The first kappa shape index (κ1) is 18.6. The van der Waals surface area contributed by atoms with Crippen LogP contribution in [-0.2, 0) is 21.1 Å². The minimum Gasteiger partial charge on any atom is -0.486 e. The number of alkyl halides is 5. The van der Waals surface area contributed by atoms with E-state index >= 15 is 0 Å². The lowest BCUT2D eigenvalue weighted by Crippen LogP contribution is -2.26. The van der Waals surface area contributed by atoms with Gasteiger partial charge in [-0.15, -0.1) is 0 Å². The van der Waals surface area contributed by atoms with Crippen LogP contribution in [-0.4, -0.2) is 37.3 Å². The monoisotopic (exact) mass is 374 g/mol. The molecule has 0 fully saturated rings. The van der Waals surface area contributed by atoms with Gasteiger partial charge in [-0.25, -0.2) is 17.2 Å². The van der Waals surface area contributed by atoms with Crippen molar-refractivity contribution in [2.45, 2.75) is 35.8 Å². The van der Waals surface area contributed by atoms with Crippen molar-refractivity contribution in [3.05, 3.63) is 23.3 Å². The molecule has 0 bridgehead atoms. The predicted molar refractivity (Wildman–Crippen MR) is 69.5 cm³/mol. The molecule has 1 aromatic rings. The number of rotatable bonds is 4. The third kappa shape index (κ3) is 2.97. The fraction of sp³-hybridized carbons (Fsp3) is 0.462. The van der Waals surface area contributed by atoms with Crippen LogP contribution in [0.1, 0.15) is 24.2 Å². The highest BCUT2D eigenvalue weighted by Crippen LogP contribution is 2.50. The van der Waals surface area contributed by atoms with E-state index in [4.69, 9.17) is 4.74 Å². The second-order valence-electron chi connectivity index (χ2n) is 5.23. The highest BCUT2D eigenvalue weighted by atomic mass is 32.2. The first-order valence-electron chi connectivity index (χ1n) is 6.44. The number of hydrogen-bond acceptors (Lipinski definition) is 5. The molecule has 0 saturated carbocycles. The molecule has 2 rings (SSSR count). The second-order valence-corrected chi connectivity index (χ2v) is 7.14. The highest BCUT2D eigenvalue weighted by molar-refractivity contribution is 7.92. The number of ether oxygens (including phenoxy) is 1. The number of Topliss-reactive ketones (excluding diaryl/α,β-unsaturated/α-hetero) is 1. The molecule has 0 saturated heterocycles. The molecule has 1 aliphatic rings. The molecule has 0 aliphatic heterocycles. The van der Waals surface area contributed by atoms with E-state index in [-0.39, 0.29) is 5.75 Å². The molecular formula is C13H11F5O5S. The van der Waals surface area contributed by atoms with Gasteiger partial charge in [0.25, 0.3) is 15.8 Å². The number of aliphatic hydroxyl groups is 1. The Morgan fingerprint density at radius 2 is 1.96 bits per heavy atom. The van der Waals surface area contributed by atoms with Crippen LogP contribution in [0.3, 0.4) is 0 Å². The SMILES string of the molecule is CC(=O)COc1ccc(S(=O)(=O)C(F)(F)F)c2c1CC(F)(F)C2O. The zero-order chi connectivity index (χ0) is 18.5. The molecule has 1 atom stereocenters. The molecule has 0 heterocycles. The van der Waals surface area contributed by atoms with Gasteiger partial charge < -0.3 is 9.84 Å². The highest BCUT2D eigenvalue weighted by Gasteiger charge is 2.55. The Morgan fingerprint density at radius 3 is 2.46 bits per heavy atom. The number of ketones is 1. The number of aliphatic hydroxyl groups excluding tert-OH is 1. The summed E-state index contributed by atoms with van der Waals surface area (Å²) in [4.78, 5) is 9.45. The van der Waals surface area contributed by atoms with Crippen LogP contribution in [0.15, 0.2) is 17.0 Å². The van der Waals surface area contributed by atoms with Crippen molar-refractivity contribution in [2.75, 3.05) is 6.61 Å². The van der Waals surface area contributed by atoms with Crippen LogP contribution in [0.25, 0.3) is 0 Å². The van der Waals surface area contributed by atoms with Gasteiger partial charge in [0.2, 0.25) is 0 Å². The van der Waals surface area contributed by atoms with E-state index in [1.807, 2.05) is 0 Å². The maximum atomic E-state index is 13.7. The number of carbonyl (C=O) groups is 1. The topological polar surface area (TPSA) is 80.7 Å². The third-order valence-corrected chi connectivity index (χ3v) is 4.93. The van der Waals surface area contributed by atoms with E-state index < -0.39 is 62.2 Å². The van der Waals surface area contributed by atoms with Crippen LogP contribution < -0.4 is 4.74 Å².